The van der Waals surface area contributed by atoms with Crippen LogP contribution in [-0.2, 0) is 12.6 Å². The number of hydrogen-bond donors (Lipinski definition) is 3. The average molecular weight is 458 g/mol. The van der Waals surface area contributed by atoms with Gasteiger partial charge in [-0.3, -0.25) is 4.79 Å². The normalized spacial score (nSPS) is 11.5. The van der Waals surface area contributed by atoms with E-state index >= 15 is 0 Å². The van der Waals surface area contributed by atoms with Crippen LogP contribution in [0.25, 0.3) is 10.2 Å². The fourth-order valence-electron chi connectivity index (χ4n) is 3.11. The summed E-state index contributed by atoms with van der Waals surface area (Å²) >= 11 is 1.54. The predicted octanol–water partition coefficient (Wildman–Crippen LogP) is 5.32. The van der Waals surface area contributed by atoms with E-state index < -0.39 is 17.6 Å². The van der Waals surface area contributed by atoms with Crippen LogP contribution in [0.4, 0.5) is 24.7 Å². The summed E-state index contributed by atoms with van der Waals surface area (Å²) in [4.78, 5) is 20.8. The Balaban J connectivity index is 1.39. The van der Waals surface area contributed by atoms with Crippen molar-refractivity contribution in [3.8, 4) is 5.75 Å². The molecule has 10 heteroatoms. The van der Waals surface area contributed by atoms with Crippen molar-refractivity contribution in [3.05, 3.63) is 76.9 Å². The van der Waals surface area contributed by atoms with Gasteiger partial charge in [-0.1, -0.05) is 12.1 Å². The number of rotatable bonds is 6. The summed E-state index contributed by atoms with van der Waals surface area (Å²) in [6.07, 6.45) is -2.48. The molecule has 0 spiro atoms. The van der Waals surface area contributed by atoms with E-state index in [-0.39, 0.29) is 17.0 Å². The number of anilines is 2. The lowest BCUT2D eigenvalue weighted by Crippen LogP contribution is -2.14. The molecule has 1 amide bonds. The molecule has 2 heterocycles. The van der Waals surface area contributed by atoms with E-state index in [9.17, 15) is 23.1 Å². The monoisotopic (exact) mass is 458 g/mol. The number of thiophene rings is 1. The Morgan fingerprint density at radius 3 is 2.72 bits per heavy atom. The molecule has 4 rings (SSSR count). The van der Waals surface area contributed by atoms with Gasteiger partial charge in [0.2, 0.25) is 0 Å². The third kappa shape index (κ3) is 4.80. The summed E-state index contributed by atoms with van der Waals surface area (Å²) in [5.74, 6) is -0.186. The van der Waals surface area contributed by atoms with E-state index in [1.54, 1.807) is 17.4 Å². The minimum atomic E-state index is -4.55. The highest BCUT2D eigenvalue weighted by atomic mass is 32.1. The van der Waals surface area contributed by atoms with Gasteiger partial charge in [0.1, 0.15) is 17.9 Å². The number of benzene rings is 2. The Morgan fingerprint density at radius 2 is 1.94 bits per heavy atom. The molecular weight excluding hydrogens is 441 g/mol. The predicted molar refractivity (Wildman–Crippen MR) is 117 cm³/mol. The molecule has 0 aliphatic carbocycles. The highest BCUT2D eigenvalue weighted by Gasteiger charge is 2.30. The summed E-state index contributed by atoms with van der Waals surface area (Å²) < 4.78 is 39.5. The maximum atomic E-state index is 12.9. The Kier molecular flexibility index (Phi) is 5.95. The van der Waals surface area contributed by atoms with E-state index in [4.69, 9.17) is 0 Å². The van der Waals surface area contributed by atoms with Crippen molar-refractivity contribution in [3.63, 3.8) is 0 Å². The van der Waals surface area contributed by atoms with Gasteiger partial charge >= 0.3 is 6.18 Å². The number of fused-ring (bicyclic) bond motifs is 1. The van der Waals surface area contributed by atoms with E-state index in [1.165, 1.54) is 24.5 Å². The number of aromatic hydroxyl groups is 1. The minimum Gasteiger partial charge on any atom is -0.506 e. The molecule has 0 aliphatic heterocycles. The summed E-state index contributed by atoms with van der Waals surface area (Å²) in [7, 11) is 0. The fraction of sp³-hybridized carbons (Fsp3) is 0.136. The van der Waals surface area contributed by atoms with Gasteiger partial charge in [0, 0.05) is 12.1 Å². The van der Waals surface area contributed by atoms with Crippen LogP contribution in [0.15, 0.2) is 60.2 Å². The molecule has 0 aliphatic rings. The van der Waals surface area contributed by atoms with Crippen molar-refractivity contribution in [2.45, 2.75) is 12.6 Å². The quantitative estimate of drug-likeness (QED) is 0.340. The third-order valence-electron chi connectivity index (χ3n) is 4.71. The maximum Gasteiger partial charge on any atom is 0.416 e. The van der Waals surface area contributed by atoms with E-state index in [2.05, 4.69) is 20.6 Å². The smallest absolute Gasteiger partial charge is 0.416 e. The molecular formula is C22H17F3N4O2S. The summed E-state index contributed by atoms with van der Waals surface area (Å²) in [5.41, 5.74) is 0.716. The first-order chi connectivity index (χ1) is 15.3. The van der Waals surface area contributed by atoms with Gasteiger partial charge in [-0.05, 0) is 53.8 Å². The van der Waals surface area contributed by atoms with Crippen LogP contribution in [-0.4, -0.2) is 27.5 Å². The molecule has 4 aromatic rings. The Bertz CT molecular complexity index is 1270. The van der Waals surface area contributed by atoms with E-state index in [0.29, 0.717) is 13.0 Å². The van der Waals surface area contributed by atoms with Gasteiger partial charge in [0.15, 0.2) is 0 Å². The number of carbonyl (C=O) groups is 1. The lowest BCUT2D eigenvalue weighted by molar-refractivity contribution is -0.137. The first-order valence-electron chi connectivity index (χ1n) is 9.54. The number of halogens is 3. The number of phenols is 1. The number of nitrogens with zero attached hydrogens (tertiary/aromatic N) is 2. The minimum absolute atomic E-state index is 0.111. The van der Waals surface area contributed by atoms with Crippen LogP contribution in [0, 0.1) is 0 Å². The molecule has 0 bridgehead atoms. The van der Waals surface area contributed by atoms with Crippen molar-refractivity contribution in [2.24, 2.45) is 0 Å². The topological polar surface area (TPSA) is 87.1 Å². The SMILES string of the molecule is O=C(Nc1ccc(CCNc2ncnc3ccsc23)cc1O)c1cccc(C(F)(F)F)c1. The molecule has 2 aromatic carbocycles. The number of hydrogen-bond acceptors (Lipinski definition) is 6. The van der Waals surface area contributed by atoms with Crippen LogP contribution in [0.3, 0.4) is 0 Å². The zero-order valence-electron chi connectivity index (χ0n) is 16.5. The highest BCUT2D eigenvalue weighted by molar-refractivity contribution is 7.17. The number of amides is 1. The molecule has 0 saturated heterocycles. The number of aromatic nitrogens is 2. The summed E-state index contributed by atoms with van der Waals surface area (Å²) in [5, 5.41) is 17.9. The van der Waals surface area contributed by atoms with Crippen LogP contribution < -0.4 is 10.6 Å². The molecule has 32 heavy (non-hydrogen) atoms. The van der Waals surface area contributed by atoms with E-state index in [1.807, 2.05) is 11.4 Å². The molecule has 0 unspecified atom stereocenters. The number of nitrogens with one attached hydrogen (secondary N) is 2. The lowest BCUT2D eigenvalue weighted by Gasteiger charge is -2.11. The Hall–Kier alpha value is -3.66. The molecule has 3 N–H and O–H groups in total. The van der Waals surface area contributed by atoms with Crippen molar-refractivity contribution in [2.75, 3.05) is 17.2 Å². The molecule has 0 fully saturated rings. The molecule has 2 aromatic heterocycles. The van der Waals surface area contributed by atoms with E-state index in [0.717, 1.165) is 39.8 Å². The zero-order chi connectivity index (χ0) is 22.7. The molecule has 6 nitrogen and oxygen atoms in total. The highest BCUT2D eigenvalue weighted by Crippen LogP contribution is 2.30. The second-order valence-electron chi connectivity index (χ2n) is 6.92. The first kappa shape index (κ1) is 21.6. The maximum absolute atomic E-state index is 12.9. The zero-order valence-corrected chi connectivity index (χ0v) is 17.3. The van der Waals surface area contributed by atoms with Crippen LogP contribution in [0.2, 0.25) is 0 Å². The Morgan fingerprint density at radius 1 is 1.09 bits per heavy atom. The van der Waals surface area contributed by atoms with Gasteiger partial charge in [-0.15, -0.1) is 11.3 Å². The molecule has 0 atom stereocenters. The fourth-order valence-corrected chi connectivity index (χ4v) is 3.92. The van der Waals surface area contributed by atoms with Crippen molar-refractivity contribution >= 4 is 39.0 Å². The number of carbonyl (C=O) groups excluding carboxylic acids is 1. The van der Waals surface area contributed by atoms with Gasteiger partial charge in [-0.25, -0.2) is 9.97 Å². The number of alkyl halides is 3. The van der Waals surface area contributed by atoms with Gasteiger partial charge in [0.05, 0.1) is 21.5 Å². The summed E-state index contributed by atoms with van der Waals surface area (Å²) in [6.45, 7) is 0.555. The van der Waals surface area contributed by atoms with Gasteiger partial charge in [0.25, 0.3) is 5.91 Å². The van der Waals surface area contributed by atoms with Crippen molar-refractivity contribution in [1.29, 1.82) is 0 Å². The second-order valence-corrected chi connectivity index (χ2v) is 7.83. The molecule has 0 radical (unpaired) electrons. The third-order valence-corrected chi connectivity index (χ3v) is 5.62. The van der Waals surface area contributed by atoms with Crippen LogP contribution >= 0.6 is 11.3 Å². The molecule has 164 valence electrons. The van der Waals surface area contributed by atoms with Crippen LogP contribution in [0.5, 0.6) is 5.75 Å². The van der Waals surface area contributed by atoms with Crippen molar-refractivity contribution < 1.29 is 23.1 Å². The van der Waals surface area contributed by atoms with Gasteiger partial charge in [-0.2, -0.15) is 13.2 Å². The standard InChI is InChI=1S/C22H17F3N4O2S/c23-22(24,25)15-3-1-2-14(11-15)21(31)29-16-5-4-13(10-18(16)30)6-8-26-20-19-17(7-9-32-19)27-12-28-20/h1-5,7,9-12,30H,6,8H2,(H,29,31)(H,26,27,28). The van der Waals surface area contributed by atoms with Gasteiger partial charge < -0.3 is 15.7 Å². The lowest BCUT2D eigenvalue weighted by atomic mass is 10.1. The largest absolute Gasteiger partial charge is 0.506 e. The van der Waals surface area contributed by atoms with Crippen molar-refractivity contribution in [1.82, 2.24) is 9.97 Å². The first-order valence-corrected chi connectivity index (χ1v) is 10.4. The summed E-state index contributed by atoms with van der Waals surface area (Å²) in [6, 6.07) is 10.8. The second kappa shape index (κ2) is 8.83. The average Bonchev–Trinajstić information content (AvgIpc) is 3.25. The molecule has 0 saturated carbocycles. The Labute approximate surface area is 184 Å². The number of phenolic OH excluding ortho intramolecular Hbond substituents is 1. The van der Waals surface area contributed by atoms with Crippen LogP contribution in [0.1, 0.15) is 21.5 Å².